The number of ether oxygens (including phenoxy) is 1. The van der Waals surface area contributed by atoms with E-state index < -0.39 is 0 Å². The SMILES string of the molecule is COc1ccc(Cn2c(C)[c]c3cc(Cl)ccc32)cc1. The molecule has 0 aliphatic heterocycles. The molecule has 2 aromatic carbocycles. The summed E-state index contributed by atoms with van der Waals surface area (Å²) in [7, 11) is 1.68. The zero-order valence-electron chi connectivity index (χ0n) is 11.5. The van der Waals surface area contributed by atoms with Crippen LogP contribution in [0, 0.1) is 13.0 Å². The number of methoxy groups -OCH3 is 1. The van der Waals surface area contributed by atoms with Gasteiger partial charge in [0.2, 0.25) is 0 Å². The van der Waals surface area contributed by atoms with E-state index >= 15 is 0 Å². The Morgan fingerprint density at radius 3 is 2.60 bits per heavy atom. The van der Waals surface area contributed by atoms with E-state index in [1.165, 1.54) is 5.56 Å². The minimum absolute atomic E-state index is 0.746. The first-order valence-corrected chi connectivity index (χ1v) is 6.86. The molecule has 101 valence electrons. The Labute approximate surface area is 123 Å². The molecule has 20 heavy (non-hydrogen) atoms. The van der Waals surface area contributed by atoms with Gasteiger partial charge in [0.25, 0.3) is 0 Å². The van der Waals surface area contributed by atoms with Gasteiger partial charge in [-0.3, -0.25) is 0 Å². The van der Waals surface area contributed by atoms with E-state index in [0.717, 1.165) is 33.9 Å². The van der Waals surface area contributed by atoms with E-state index in [2.05, 4.69) is 29.7 Å². The van der Waals surface area contributed by atoms with Gasteiger partial charge in [-0.25, -0.2) is 0 Å². The molecule has 0 spiro atoms. The molecule has 0 bridgehead atoms. The van der Waals surface area contributed by atoms with Crippen LogP contribution in [-0.4, -0.2) is 11.7 Å². The molecule has 1 aromatic heterocycles. The van der Waals surface area contributed by atoms with Gasteiger partial charge in [0.05, 0.1) is 7.11 Å². The van der Waals surface area contributed by atoms with Crippen molar-refractivity contribution in [1.29, 1.82) is 0 Å². The molecular formula is C17H15ClNO. The lowest BCUT2D eigenvalue weighted by atomic mass is 10.2. The van der Waals surface area contributed by atoms with Gasteiger partial charge in [-0.2, -0.15) is 0 Å². The number of aromatic nitrogens is 1. The summed E-state index contributed by atoms with van der Waals surface area (Å²) in [6, 6.07) is 17.4. The van der Waals surface area contributed by atoms with Gasteiger partial charge >= 0.3 is 0 Å². The summed E-state index contributed by atoms with van der Waals surface area (Å²) >= 11 is 6.03. The first-order valence-electron chi connectivity index (χ1n) is 6.48. The lowest BCUT2D eigenvalue weighted by molar-refractivity contribution is 0.414. The number of halogens is 1. The topological polar surface area (TPSA) is 14.2 Å². The second kappa shape index (κ2) is 5.22. The summed E-state index contributed by atoms with van der Waals surface area (Å²) in [4.78, 5) is 0. The minimum Gasteiger partial charge on any atom is -0.497 e. The van der Waals surface area contributed by atoms with E-state index in [-0.39, 0.29) is 0 Å². The molecule has 0 aliphatic carbocycles. The Morgan fingerprint density at radius 1 is 1.15 bits per heavy atom. The van der Waals surface area contributed by atoms with Crippen molar-refractivity contribution in [1.82, 2.24) is 4.57 Å². The summed E-state index contributed by atoms with van der Waals surface area (Å²) in [6.45, 7) is 2.88. The van der Waals surface area contributed by atoms with Crippen molar-refractivity contribution < 1.29 is 4.74 Å². The standard InChI is InChI=1S/C17H15ClNO/c1-12-9-14-10-15(18)5-8-17(14)19(12)11-13-3-6-16(20-2)7-4-13/h3-8,10H,11H2,1-2H3. The predicted octanol–water partition coefficient (Wildman–Crippen LogP) is 4.46. The van der Waals surface area contributed by atoms with E-state index in [0.29, 0.717) is 0 Å². The number of nitrogens with zero attached hydrogens (tertiary/aromatic N) is 1. The Balaban J connectivity index is 1.99. The highest BCUT2D eigenvalue weighted by Gasteiger charge is 2.07. The van der Waals surface area contributed by atoms with Crippen LogP contribution in [0.5, 0.6) is 5.75 Å². The maximum atomic E-state index is 6.03. The zero-order valence-corrected chi connectivity index (χ0v) is 12.2. The molecule has 3 aromatic rings. The van der Waals surface area contributed by atoms with Crippen molar-refractivity contribution in [3.05, 3.63) is 64.8 Å². The number of hydrogen-bond donors (Lipinski definition) is 0. The third-order valence-corrected chi connectivity index (χ3v) is 3.70. The highest BCUT2D eigenvalue weighted by atomic mass is 35.5. The number of fused-ring (bicyclic) bond motifs is 1. The van der Waals surface area contributed by atoms with Crippen LogP contribution in [-0.2, 0) is 6.54 Å². The third kappa shape index (κ3) is 2.39. The van der Waals surface area contributed by atoms with Crippen LogP contribution >= 0.6 is 11.6 Å². The molecular weight excluding hydrogens is 270 g/mol. The van der Waals surface area contributed by atoms with Crippen LogP contribution in [0.3, 0.4) is 0 Å². The normalized spacial score (nSPS) is 10.9. The lowest BCUT2D eigenvalue weighted by Crippen LogP contribution is -2.01. The first-order chi connectivity index (χ1) is 9.67. The highest BCUT2D eigenvalue weighted by molar-refractivity contribution is 6.31. The average molecular weight is 285 g/mol. The van der Waals surface area contributed by atoms with Gasteiger partial charge in [-0.15, -0.1) is 0 Å². The maximum absolute atomic E-state index is 6.03. The number of aryl methyl sites for hydroxylation is 1. The van der Waals surface area contributed by atoms with E-state index in [1.807, 2.05) is 30.3 Å². The van der Waals surface area contributed by atoms with Crippen molar-refractivity contribution in [2.24, 2.45) is 0 Å². The summed E-state index contributed by atoms with van der Waals surface area (Å²) in [6.07, 6.45) is 0. The van der Waals surface area contributed by atoms with Crippen molar-refractivity contribution in [3.8, 4) is 5.75 Å². The largest absolute Gasteiger partial charge is 0.497 e. The highest BCUT2D eigenvalue weighted by Crippen LogP contribution is 2.24. The molecule has 3 rings (SSSR count). The Hall–Kier alpha value is -1.93. The second-order valence-corrected chi connectivity index (χ2v) is 5.24. The van der Waals surface area contributed by atoms with E-state index in [1.54, 1.807) is 7.11 Å². The summed E-state index contributed by atoms with van der Waals surface area (Å²) in [5.41, 5.74) is 3.50. The molecule has 0 unspecified atom stereocenters. The quantitative estimate of drug-likeness (QED) is 0.692. The van der Waals surface area contributed by atoms with Gasteiger partial charge < -0.3 is 9.30 Å². The maximum Gasteiger partial charge on any atom is 0.118 e. The third-order valence-electron chi connectivity index (χ3n) is 3.47. The van der Waals surface area contributed by atoms with Crippen LogP contribution in [0.4, 0.5) is 0 Å². The van der Waals surface area contributed by atoms with Crippen molar-refractivity contribution >= 4 is 22.5 Å². The molecule has 0 N–H and O–H groups in total. The first kappa shape index (κ1) is 13.1. The fourth-order valence-electron chi connectivity index (χ4n) is 2.40. The van der Waals surface area contributed by atoms with Crippen LogP contribution < -0.4 is 4.74 Å². The Morgan fingerprint density at radius 2 is 1.90 bits per heavy atom. The molecule has 2 nitrogen and oxygen atoms in total. The van der Waals surface area contributed by atoms with Crippen molar-refractivity contribution in [3.63, 3.8) is 0 Å². The molecule has 0 atom stereocenters. The molecule has 0 amide bonds. The molecule has 1 radical (unpaired) electrons. The van der Waals surface area contributed by atoms with Crippen molar-refractivity contribution in [2.45, 2.75) is 13.5 Å². The smallest absolute Gasteiger partial charge is 0.118 e. The van der Waals surface area contributed by atoms with Crippen LogP contribution in [0.15, 0.2) is 42.5 Å². The van der Waals surface area contributed by atoms with Gasteiger partial charge in [-0.1, -0.05) is 23.7 Å². The second-order valence-electron chi connectivity index (χ2n) is 4.81. The van der Waals surface area contributed by atoms with Gasteiger partial charge in [-0.05, 0) is 42.8 Å². The van der Waals surface area contributed by atoms with Gasteiger partial charge in [0.1, 0.15) is 5.75 Å². The molecule has 0 fully saturated rings. The minimum atomic E-state index is 0.746. The van der Waals surface area contributed by atoms with E-state index in [9.17, 15) is 0 Å². The molecule has 0 saturated carbocycles. The summed E-state index contributed by atoms with van der Waals surface area (Å²) in [5.74, 6) is 0.876. The Kier molecular flexibility index (Phi) is 3.41. The average Bonchev–Trinajstić information content (AvgIpc) is 2.75. The van der Waals surface area contributed by atoms with Crippen LogP contribution in [0.1, 0.15) is 11.3 Å². The van der Waals surface area contributed by atoms with Crippen LogP contribution in [0.25, 0.3) is 10.9 Å². The Bertz CT molecular complexity index is 744. The molecule has 0 saturated heterocycles. The lowest BCUT2D eigenvalue weighted by Gasteiger charge is -2.09. The van der Waals surface area contributed by atoms with Crippen LogP contribution in [0.2, 0.25) is 5.02 Å². The predicted molar refractivity (Wildman–Crippen MR) is 82.6 cm³/mol. The number of benzene rings is 2. The van der Waals surface area contributed by atoms with Gasteiger partial charge in [0, 0.05) is 34.2 Å². The monoisotopic (exact) mass is 284 g/mol. The van der Waals surface area contributed by atoms with E-state index in [4.69, 9.17) is 16.3 Å². The fraction of sp³-hybridized carbons (Fsp3) is 0.176. The molecule has 3 heteroatoms. The molecule has 1 heterocycles. The fourth-order valence-corrected chi connectivity index (χ4v) is 2.58. The van der Waals surface area contributed by atoms with Crippen molar-refractivity contribution in [2.75, 3.05) is 7.11 Å². The number of hydrogen-bond acceptors (Lipinski definition) is 1. The zero-order chi connectivity index (χ0) is 14.1. The van der Waals surface area contributed by atoms with Gasteiger partial charge in [0.15, 0.2) is 0 Å². The summed E-state index contributed by atoms with van der Waals surface area (Å²) < 4.78 is 7.43. The number of rotatable bonds is 3. The molecule has 0 aliphatic rings. The summed E-state index contributed by atoms with van der Waals surface area (Å²) in [5, 5.41) is 1.80.